The van der Waals surface area contributed by atoms with Gasteiger partial charge in [-0.25, -0.2) is 4.79 Å². The maximum Gasteiger partial charge on any atom is 0.336 e. The molecule has 70 valence electrons. The Morgan fingerprint density at radius 2 is 2.46 bits per heavy atom. The highest BCUT2D eigenvalue weighted by Crippen LogP contribution is 2.21. The lowest BCUT2D eigenvalue weighted by Crippen LogP contribution is -2.65. The summed E-state index contributed by atoms with van der Waals surface area (Å²) in [6.07, 6.45) is 3.43. The van der Waals surface area contributed by atoms with Gasteiger partial charge in [-0.05, 0) is 6.07 Å². The third-order valence-corrected chi connectivity index (χ3v) is 2.34. The minimum absolute atomic E-state index is 0.241. The van der Waals surface area contributed by atoms with Crippen LogP contribution in [0.15, 0.2) is 18.5 Å². The van der Waals surface area contributed by atoms with Crippen LogP contribution in [0.4, 0.5) is 0 Å². The summed E-state index contributed by atoms with van der Waals surface area (Å²) in [7, 11) is 1.39. The van der Waals surface area contributed by atoms with E-state index in [0.717, 1.165) is 0 Å². The second-order valence-corrected chi connectivity index (χ2v) is 3.08. The Labute approximate surface area is 75.7 Å². The van der Waals surface area contributed by atoms with Gasteiger partial charge in [-0.3, -0.25) is 4.68 Å². The lowest BCUT2D eigenvalue weighted by Gasteiger charge is -2.39. The zero-order chi connectivity index (χ0) is 9.31. The lowest BCUT2D eigenvalue weighted by atomic mass is 9.93. The van der Waals surface area contributed by atoms with Crippen LogP contribution in [-0.2, 0) is 15.1 Å². The van der Waals surface area contributed by atoms with Crippen LogP contribution in [0.5, 0.6) is 0 Å². The molecule has 0 unspecified atom stereocenters. The molecule has 5 heteroatoms. The first-order chi connectivity index (χ1) is 6.29. The molecule has 2 heterocycles. The molecule has 1 N–H and O–H groups in total. The molecule has 0 atom stereocenters. The summed E-state index contributed by atoms with van der Waals surface area (Å²) in [5.41, 5.74) is -0.613. The van der Waals surface area contributed by atoms with Gasteiger partial charge in [0.05, 0.1) is 7.11 Å². The lowest BCUT2D eigenvalue weighted by molar-refractivity contribution is -0.155. The van der Waals surface area contributed by atoms with Crippen molar-refractivity contribution in [2.45, 2.75) is 5.54 Å². The van der Waals surface area contributed by atoms with E-state index >= 15 is 0 Å². The molecule has 1 aromatic heterocycles. The van der Waals surface area contributed by atoms with Gasteiger partial charge in [0.15, 0.2) is 5.54 Å². The van der Waals surface area contributed by atoms with Gasteiger partial charge in [-0.2, -0.15) is 5.10 Å². The number of esters is 1. The highest BCUT2D eigenvalue weighted by Gasteiger charge is 2.47. The van der Waals surface area contributed by atoms with Crippen LogP contribution in [0.1, 0.15) is 0 Å². The molecule has 0 saturated carbocycles. The fraction of sp³-hybridized carbons (Fsp3) is 0.500. The number of carbonyl (C=O) groups is 1. The third kappa shape index (κ3) is 1.04. The number of ether oxygens (including phenoxy) is 1. The van der Waals surface area contributed by atoms with Gasteiger partial charge in [0.2, 0.25) is 0 Å². The fourth-order valence-electron chi connectivity index (χ4n) is 1.47. The molecule has 13 heavy (non-hydrogen) atoms. The molecule has 1 aromatic rings. The molecular weight excluding hydrogens is 170 g/mol. The summed E-state index contributed by atoms with van der Waals surface area (Å²) in [6, 6.07) is 1.79. The average molecular weight is 181 g/mol. The van der Waals surface area contributed by atoms with E-state index in [-0.39, 0.29) is 5.97 Å². The van der Waals surface area contributed by atoms with Crippen LogP contribution in [0.2, 0.25) is 0 Å². The molecule has 0 spiro atoms. The summed E-state index contributed by atoms with van der Waals surface area (Å²) in [4.78, 5) is 11.5. The van der Waals surface area contributed by atoms with Crippen LogP contribution in [0, 0.1) is 0 Å². The van der Waals surface area contributed by atoms with Gasteiger partial charge in [0.25, 0.3) is 0 Å². The van der Waals surface area contributed by atoms with Crippen LogP contribution >= 0.6 is 0 Å². The van der Waals surface area contributed by atoms with Crippen LogP contribution in [0.3, 0.4) is 0 Å². The normalized spacial score (nSPS) is 19.2. The first kappa shape index (κ1) is 8.25. The number of nitrogens with one attached hydrogen (secondary N) is 1. The molecule has 0 radical (unpaired) electrons. The Balaban J connectivity index is 2.31. The first-order valence-corrected chi connectivity index (χ1v) is 4.09. The molecule has 1 fully saturated rings. The van der Waals surface area contributed by atoms with Crippen LogP contribution in [0.25, 0.3) is 0 Å². The molecule has 0 bridgehead atoms. The minimum atomic E-state index is -0.613. The number of methoxy groups -OCH3 is 1. The number of carbonyl (C=O) groups excluding carboxylic acids is 1. The fourth-order valence-corrected chi connectivity index (χ4v) is 1.47. The van der Waals surface area contributed by atoms with Gasteiger partial charge in [0.1, 0.15) is 0 Å². The van der Waals surface area contributed by atoms with Crippen molar-refractivity contribution in [1.29, 1.82) is 0 Å². The summed E-state index contributed by atoms with van der Waals surface area (Å²) >= 11 is 0. The van der Waals surface area contributed by atoms with E-state index in [4.69, 9.17) is 4.74 Å². The maximum atomic E-state index is 11.5. The third-order valence-electron chi connectivity index (χ3n) is 2.34. The summed E-state index contributed by atoms with van der Waals surface area (Å²) < 4.78 is 6.39. The average Bonchev–Trinajstić information content (AvgIpc) is 2.55. The quantitative estimate of drug-likeness (QED) is 0.616. The van der Waals surface area contributed by atoms with Gasteiger partial charge in [0, 0.05) is 25.5 Å². The standard InChI is InChI=1S/C8H11N3O2/c1-13-7(12)8(5-9-6-8)11-4-2-3-10-11/h2-4,9H,5-6H2,1H3. The van der Waals surface area contributed by atoms with E-state index in [2.05, 4.69) is 10.4 Å². The van der Waals surface area contributed by atoms with Gasteiger partial charge in [-0.1, -0.05) is 0 Å². The monoisotopic (exact) mass is 181 g/mol. The Kier molecular flexibility index (Phi) is 1.81. The van der Waals surface area contributed by atoms with Crippen molar-refractivity contribution in [3.8, 4) is 0 Å². The summed E-state index contributed by atoms with van der Waals surface area (Å²) in [6.45, 7) is 1.17. The molecule has 1 saturated heterocycles. The number of hydrogen-bond donors (Lipinski definition) is 1. The molecule has 2 rings (SSSR count). The van der Waals surface area contributed by atoms with Crippen molar-refractivity contribution >= 4 is 5.97 Å². The number of hydrogen-bond acceptors (Lipinski definition) is 4. The smallest absolute Gasteiger partial charge is 0.336 e. The van der Waals surface area contributed by atoms with Crippen LogP contribution in [-0.4, -0.2) is 35.9 Å². The van der Waals surface area contributed by atoms with Crippen molar-refractivity contribution in [3.63, 3.8) is 0 Å². The first-order valence-electron chi connectivity index (χ1n) is 4.09. The summed E-state index contributed by atoms with van der Waals surface area (Å²) in [5, 5.41) is 7.10. The Morgan fingerprint density at radius 3 is 2.85 bits per heavy atom. The number of aromatic nitrogens is 2. The van der Waals surface area contributed by atoms with Crippen molar-refractivity contribution in [2.75, 3.05) is 20.2 Å². The highest BCUT2D eigenvalue weighted by atomic mass is 16.5. The molecular formula is C8H11N3O2. The maximum absolute atomic E-state index is 11.5. The minimum Gasteiger partial charge on any atom is -0.467 e. The Morgan fingerprint density at radius 1 is 1.69 bits per heavy atom. The summed E-state index contributed by atoms with van der Waals surface area (Å²) in [5.74, 6) is -0.241. The van der Waals surface area contributed by atoms with Gasteiger partial charge < -0.3 is 10.1 Å². The Hall–Kier alpha value is -1.36. The Bertz CT molecular complexity index is 303. The van der Waals surface area contributed by atoms with E-state index in [9.17, 15) is 4.79 Å². The predicted octanol–water partition coefficient (Wildman–Crippen LogP) is -0.645. The van der Waals surface area contributed by atoms with E-state index in [1.165, 1.54) is 7.11 Å². The van der Waals surface area contributed by atoms with E-state index in [1.807, 2.05) is 0 Å². The molecule has 0 amide bonds. The van der Waals surface area contributed by atoms with E-state index < -0.39 is 5.54 Å². The van der Waals surface area contributed by atoms with Crippen molar-refractivity contribution in [3.05, 3.63) is 18.5 Å². The van der Waals surface area contributed by atoms with Gasteiger partial charge in [-0.15, -0.1) is 0 Å². The van der Waals surface area contributed by atoms with E-state index in [0.29, 0.717) is 13.1 Å². The number of nitrogens with zero attached hydrogens (tertiary/aromatic N) is 2. The number of rotatable bonds is 2. The van der Waals surface area contributed by atoms with Crippen molar-refractivity contribution in [2.24, 2.45) is 0 Å². The second kappa shape index (κ2) is 2.85. The highest BCUT2D eigenvalue weighted by molar-refractivity contribution is 5.80. The molecule has 0 aromatic carbocycles. The SMILES string of the molecule is COC(=O)C1(n2cccn2)CNC1. The molecule has 1 aliphatic rings. The van der Waals surface area contributed by atoms with Gasteiger partial charge >= 0.3 is 5.97 Å². The van der Waals surface area contributed by atoms with Crippen molar-refractivity contribution < 1.29 is 9.53 Å². The molecule has 0 aliphatic carbocycles. The van der Waals surface area contributed by atoms with Crippen LogP contribution < -0.4 is 5.32 Å². The second-order valence-electron chi connectivity index (χ2n) is 3.08. The molecule has 1 aliphatic heterocycles. The van der Waals surface area contributed by atoms with Crippen molar-refractivity contribution in [1.82, 2.24) is 15.1 Å². The zero-order valence-electron chi connectivity index (χ0n) is 7.36. The molecule has 5 nitrogen and oxygen atoms in total. The predicted molar refractivity (Wildman–Crippen MR) is 45.1 cm³/mol. The zero-order valence-corrected chi connectivity index (χ0v) is 7.36. The topological polar surface area (TPSA) is 56.2 Å². The van der Waals surface area contributed by atoms with E-state index in [1.54, 1.807) is 23.1 Å². The largest absolute Gasteiger partial charge is 0.467 e.